The van der Waals surface area contributed by atoms with Gasteiger partial charge in [0.2, 0.25) is 10.0 Å². The molecule has 0 aliphatic carbocycles. The van der Waals surface area contributed by atoms with Crippen molar-refractivity contribution in [1.29, 1.82) is 0 Å². The lowest BCUT2D eigenvalue weighted by Crippen LogP contribution is -2.46. The van der Waals surface area contributed by atoms with Crippen molar-refractivity contribution in [3.63, 3.8) is 0 Å². The zero-order valence-electron chi connectivity index (χ0n) is 9.60. The van der Waals surface area contributed by atoms with Crippen LogP contribution < -0.4 is 0 Å². The summed E-state index contributed by atoms with van der Waals surface area (Å²) < 4.78 is 25.2. The van der Waals surface area contributed by atoms with Gasteiger partial charge in [-0.05, 0) is 25.2 Å². The number of piperidine rings is 1. The molecule has 0 bridgehead atoms. The zero-order chi connectivity index (χ0) is 12.2. The predicted octanol–water partition coefficient (Wildman–Crippen LogP) is 1.04. The maximum Gasteiger partial charge on any atom is 0.214 e. The third kappa shape index (κ3) is 3.87. The number of sulfonamides is 1. The van der Waals surface area contributed by atoms with Crippen molar-refractivity contribution in [2.75, 3.05) is 24.7 Å². The number of unbranched alkanes of at least 4 members (excludes halogenated alkanes) is 1. The molecule has 1 saturated heterocycles. The van der Waals surface area contributed by atoms with E-state index in [0.717, 1.165) is 6.42 Å². The number of β-amino-alcohol motifs (C(OH)–C–C–N with tert-alkyl or cyclic N) is 1. The van der Waals surface area contributed by atoms with Crippen LogP contribution in [0.5, 0.6) is 0 Å². The lowest BCUT2D eigenvalue weighted by Gasteiger charge is -2.33. The second-order valence-electron chi connectivity index (χ2n) is 4.40. The van der Waals surface area contributed by atoms with Crippen LogP contribution >= 0.6 is 11.6 Å². The van der Waals surface area contributed by atoms with Gasteiger partial charge in [0.05, 0.1) is 11.9 Å². The van der Waals surface area contributed by atoms with E-state index in [1.165, 1.54) is 4.31 Å². The highest BCUT2D eigenvalue weighted by molar-refractivity contribution is 7.89. The summed E-state index contributed by atoms with van der Waals surface area (Å²) in [6.07, 6.45) is 1.51. The van der Waals surface area contributed by atoms with Crippen molar-refractivity contribution >= 4 is 21.6 Å². The molecule has 0 spiro atoms. The lowest BCUT2D eigenvalue weighted by atomic mass is 9.98. The van der Waals surface area contributed by atoms with Gasteiger partial charge in [-0.25, -0.2) is 8.42 Å². The number of aliphatic hydroxyl groups is 1. The summed E-state index contributed by atoms with van der Waals surface area (Å²) >= 11 is 5.51. The number of alkyl halides is 1. The van der Waals surface area contributed by atoms with E-state index in [1.807, 2.05) is 6.92 Å². The van der Waals surface area contributed by atoms with Crippen molar-refractivity contribution in [1.82, 2.24) is 4.31 Å². The molecule has 1 rings (SSSR count). The molecule has 1 aliphatic heterocycles. The minimum atomic E-state index is -3.20. The number of nitrogens with zero attached hydrogens (tertiary/aromatic N) is 1. The van der Waals surface area contributed by atoms with E-state index in [4.69, 9.17) is 11.6 Å². The van der Waals surface area contributed by atoms with Gasteiger partial charge in [0, 0.05) is 19.0 Å². The van der Waals surface area contributed by atoms with Crippen LogP contribution in [0.15, 0.2) is 0 Å². The van der Waals surface area contributed by atoms with Crippen molar-refractivity contribution < 1.29 is 13.5 Å². The van der Waals surface area contributed by atoms with Crippen LogP contribution in [-0.2, 0) is 10.0 Å². The van der Waals surface area contributed by atoms with Crippen LogP contribution in [0.2, 0.25) is 0 Å². The van der Waals surface area contributed by atoms with Gasteiger partial charge in [-0.15, -0.1) is 11.6 Å². The molecule has 6 heteroatoms. The van der Waals surface area contributed by atoms with E-state index in [0.29, 0.717) is 25.3 Å². The molecule has 1 fully saturated rings. The fourth-order valence-electron chi connectivity index (χ4n) is 1.78. The third-order valence-corrected chi connectivity index (χ3v) is 5.25. The van der Waals surface area contributed by atoms with Gasteiger partial charge in [0.1, 0.15) is 0 Å². The highest BCUT2D eigenvalue weighted by Crippen LogP contribution is 2.20. The summed E-state index contributed by atoms with van der Waals surface area (Å²) in [4.78, 5) is 0. The molecule has 0 aromatic rings. The zero-order valence-corrected chi connectivity index (χ0v) is 11.2. The van der Waals surface area contributed by atoms with Gasteiger partial charge in [0.15, 0.2) is 0 Å². The average molecular weight is 270 g/mol. The highest BCUT2D eigenvalue weighted by atomic mass is 35.5. The van der Waals surface area contributed by atoms with Crippen LogP contribution in [0.4, 0.5) is 0 Å². The summed E-state index contributed by atoms with van der Waals surface area (Å²) in [5.74, 6) is 0.824. The molecule has 0 aromatic carbocycles. The summed E-state index contributed by atoms with van der Waals surface area (Å²) in [6, 6.07) is 0. The van der Waals surface area contributed by atoms with Gasteiger partial charge in [-0.1, -0.05) is 6.92 Å². The molecule has 0 saturated carbocycles. The van der Waals surface area contributed by atoms with E-state index < -0.39 is 16.1 Å². The monoisotopic (exact) mass is 269 g/mol. The first-order chi connectivity index (χ1) is 7.47. The van der Waals surface area contributed by atoms with Gasteiger partial charge in [-0.3, -0.25) is 0 Å². The standard InChI is InChI=1S/C10H20ClNO3S/c1-9-4-6-12(8-10(9)13)16(14,15)7-3-2-5-11/h9-10,13H,2-8H2,1H3. The molecule has 16 heavy (non-hydrogen) atoms. The van der Waals surface area contributed by atoms with E-state index in [-0.39, 0.29) is 18.2 Å². The molecule has 2 unspecified atom stereocenters. The molecule has 1 heterocycles. The summed E-state index contributed by atoms with van der Waals surface area (Å²) in [7, 11) is -3.20. The maximum absolute atomic E-state index is 11.9. The Morgan fingerprint density at radius 3 is 2.69 bits per heavy atom. The summed E-state index contributed by atoms with van der Waals surface area (Å²) in [5, 5.41) is 9.66. The van der Waals surface area contributed by atoms with Crippen LogP contribution in [-0.4, -0.2) is 48.7 Å². The van der Waals surface area contributed by atoms with E-state index >= 15 is 0 Å². The summed E-state index contributed by atoms with van der Waals surface area (Å²) in [5.41, 5.74) is 0. The van der Waals surface area contributed by atoms with Crippen molar-refractivity contribution in [2.45, 2.75) is 32.3 Å². The second kappa shape index (κ2) is 6.19. The number of rotatable bonds is 5. The second-order valence-corrected chi connectivity index (χ2v) is 6.87. The fraction of sp³-hybridized carbons (Fsp3) is 1.00. The van der Waals surface area contributed by atoms with Gasteiger partial charge < -0.3 is 5.11 Å². The molecule has 96 valence electrons. The Balaban J connectivity index is 2.49. The van der Waals surface area contributed by atoms with Crippen LogP contribution in [0.3, 0.4) is 0 Å². The Morgan fingerprint density at radius 2 is 2.12 bits per heavy atom. The normalized spacial score (nSPS) is 28.2. The largest absolute Gasteiger partial charge is 0.391 e. The van der Waals surface area contributed by atoms with E-state index in [2.05, 4.69) is 0 Å². The number of hydrogen-bond donors (Lipinski definition) is 1. The molecule has 1 aliphatic rings. The van der Waals surface area contributed by atoms with Crippen LogP contribution in [0, 0.1) is 5.92 Å². The third-order valence-electron chi connectivity index (χ3n) is 3.06. The molecule has 1 N–H and O–H groups in total. The Labute approximate surface area is 103 Å². The average Bonchev–Trinajstić information content (AvgIpc) is 2.22. The predicted molar refractivity (Wildman–Crippen MR) is 65.1 cm³/mol. The number of aliphatic hydroxyl groups excluding tert-OH is 1. The molecule has 2 atom stereocenters. The Bertz CT molecular complexity index is 307. The SMILES string of the molecule is CC1CCN(S(=O)(=O)CCCCCl)CC1O. The van der Waals surface area contributed by atoms with Crippen LogP contribution in [0.1, 0.15) is 26.2 Å². The fourth-order valence-corrected chi connectivity index (χ4v) is 3.56. The van der Waals surface area contributed by atoms with Gasteiger partial charge in [0.25, 0.3) is 0 Å². The topological polar surface area (TPSA) is 57.6 Å². The molecule has 4 nitrogen and oxygen atoms in total. The smallest absolute Gasteiger partial charge is 0.214 e. The Morgan fingerprint density at radius 1 is 1.44 bits per heavy atom. The Hall–Kier alpha value is 0.160. The lowest BCUT2D eigenvalue weighted by molar-refractivity contribution is 0.0605. The van der Waals surface area contributed by atoms with Crippen molar-refractivity contribution in [3.8, 4) is 0 Å². The van der Waals surface area contributed by atoms with E-state index in [1.54, 1.807) is 0 Å². The Kier molecular flexibility index (Phi) is 5.50. The van der Waals surface area contributed by atoms with Gasteiger partial charge >= 0.3 is 0 Å². The highest BCUT2D eigenvalue weighted by Gasteiger charge is 2.31. The minimum absolute atomic E-state index is 0.140. The number of hydrogen-bond acceptors (Lipinski definition) is 3. The molecular weight excluding hydrogens is 250 g/mol. The van der Waals surface area contributed by atoms with Crippen molar-refractivity contribution in [3.05, 3.63) is 0 Å². The minimum Gasteiger partial charge on any atom is -0.391 e. The first kappa shape index (κ1) is 14.2. The summed E-state index contributed by atoms with van der Waals surface area (Å²) in [6.45, 7) is 2.72. The molecule has 0 aromatic heterocycles. The van der Waals surface area contributed by atoms with E-state index in [9.17, 15) is 13.5 Å². The quantitative estimate of drug-likeness (QED) is 0.599. The van der Waals surface area contributed by atoms with Crippen molar-refractivity contribution in [2.24, 2.45) is 5.92 Å². The number of halogens is 1. The van der Waals surface area contributed by atoms with Crippen LogP contribution in [0.25, 0.3) is 0 Å². The maximum atomic E-state index is 11.9. The molecule has 0 radical (unpaired) electrons. The first-order valence-corrected chi connectivity index (χ1v) is 7.83. The molecular formula is C10H20ClNO3S. The first-order valence-electron chi connectivity index (χ1n) is 5.69. The molecule has 0 amide bonds. The van der Waals surface area contributed by atoms with Gasteiger partial charge in [-0.2, -0.15) is 4.31 Å².